The molecule has 0 aromatic carbocycles. The van der Waals surface area contributed by atoms with E-state index in [2.05, 4.69) is 11.4 Å². The number of hydrogen-bond donors (Lipinski definition) is 0. The Balaban J connectivity index is 2.71. The average Bonchev–Trinajstić information content (AvgIpc) is 2.61. The Morgan fingerprint density at radius 1 is 1.09 bits per heavy atom. The molecule has 0 N–H and O–H groups in total. The van der Waals surface area contributed by atoms with Crippen molar-refractivity contribution in [3.05, 3.63) is 22.9 Å². The van der Waals surface area contributed by atoms with E-state index in [1.165, 1.54) is 13.4 Å². The highest BCUT2D eigenvalue weighted by Crippen LogP contribution is 2.39. The fraction of sp³-hybridized carbons (Fsp3) is 0. The Kier molecular flexibility index (Phi) is 0.993. The minimum absolute atomic E-state index is 0.680. The number of rotatable bonds is 0. The first kappa shape index (κ1) is 5.30. The van der Waals surface area contributed by atoms with Crippen LogP contribution >= 0.6 is 34.0 Å². The van der Waals surface area contributed by atoms with Crippen LogP contribution in [0.25, 0.3) is 18.8 Å². The predicted molar refractivity (Wildman–Crippen MR) is 55.1 cm³/mol. The molecule has 0 saturated carbocycles. The van der Waals surface area contributed by atoms with Crippen molar-refractivity contribution in [3.8, 4) is 0 Å². The first-order chi connectivity index (χ1) is 5.86. The SMILES string of the molecule is [3H]c1csc2sc3sccc3c12. The van der Waals surface area contributed by atoms with Crippen LogP contribution in [0.3, 0.4) is 0 Å². The summed E-state index contributed by atoms with van der Waals surface area (Å²) in [7, 11) is 0. The zero-order valence-corrected chi connectivity index (χ0v) is 7.91. The van der Waals surface area contributed by atoms with Crippen LogP contribution in [0.15, 0.2) is 22.9 Å². The van der Waals surface area contributed by atoms with Crippen molar-refractivity contribution >= 4 is 52.8 Å². The molecule has 0 aliphatic heterocycles. The van der Waals surface area contributed by atoms with E-state index in [9.17, 15) is 0 Å². The van der Waals surface area contributed by atoms with E-state index in [0.717, 1.165) is 5.39 Å². The van der Waals surface area contributed by atoms with Crippen molar-refractivity contribution in [2.75, 3.05) is 0 Å². The molecule has 3 rings (SSSR count). The van der Waals surface area contributed by atoms with E-state index in [1.807, 2.05) is 5.38 Å². The van der Waals surface area contributed by atoms with Gasteiger partial charge in [0.1, 0.15) is 0 Å². The molecule has 11 heavy (non-hydrogen) atoms. The Bertz CT molecular complexity index is 543. The van der Waals surface area contributed by atoms with Gasteiger partial charge < -0.3 is 0 Å². The highest BCUT2D eigenvalue weighted by Gasteiger charge is 2.05. The van der Waals surface area contributed by atoms with E-state index < -0.39 is 0 Å². The summed E-state index contributed by atoms with van der Waals surface area (Å²) in [5.74, 6) is 0. The van der Waals surface area contributed by atoms with E-state index in [4.69, 9.17) is 1.37 Å². The maximum Gasteiger partial charge on any atom is 0.0886 e. The molecule has 0 fully saturated rings. The highest BCUT2D eigenvalue weighted by molar-refractivity contribution is 7.48. The maximum absolute atomic E-state index is 7.70. The summed E-state index contributed by atoms with van der Waals surface area (Å²) in [5, 5.41) is 6.43. The van der Waals surface area contributed by atoms with Gasteiger partial charge in [0.2, 0.25) is 0 Å². The number of thiophene rings is 3. The molecule has 0 aliphatic rings. The molecule has 0 unspecified atom stereocenters. The largest absolute Gasteiger partial charge is 0.133 e. The number of fused-ring (bicyclic) bond motifs is 3. The molecule has 54 valence electrons. The van der Waals surface area contributed by atoms with Crippen LogP contribution in [0.2, 0.25) is 0 Å². The molecular formula is C8H4S3. The summed E-state index contributed by atoms with van der Waals surface area (Å²) >= 11 is 5.26. The molecule has 0 aliphatic carbocycles. The second-order valence-electron chi connectivity index (χ2n) is 2.27. The highest BCUT2D eigenvalue weighted by atomic mass is 32.2. The fourth-order valence-corrected chi connectivity index (χ4v) is 4.44. The monoisotopic (exact) mass is 198 g/mol. The van der Waals surface area contributed by atoms with Crippen LogP contribution in [0.1, 0.15) is 1.37 Å². The van der Waals surface area contributed by atoms with Crippen LogP contribution in [-0.2, 0) is 0 Å². The molecule has 3 aromatic heterocycles. The third-order valence-corrected chi connectivity index (χ3v) is 4.89. The molecular weight excluding hydrogens is 192 g/mol. The molecule has 3 heterocycles. The standard InChI is InChI=1S/C8H4S3/c1-3-9-7-5(1)6-2-4-10-8(6)11-7/h1-4H/i1T. The molecule has 0 radical (unpaired) electrons. The quantitative estimate of drug-likeness (QED) is 0.508. The molecule has 0 bridgehead atoms. The van der Waals surface area contributed by atoms with E-state index in [-0.39, 0.29) is 0 Å². The molecule has 3 aromatic rings. The summed E-state index contributed by atoms with van der Waals surface area (Å²) in [6.45, 7) is 0. The van der Waals surface area contributed by atoms with Crippen LogP contribution in [0.4, 0.5) is 0 Å². The second-order valence-corrected chi connectivity index (χ2v) is 5.60. The van der Waals surface area contributed by atoms with Gasteiger partial charge in [0.25, 0.3) is 0 Å². The Morgan fingerprint density at radius 3 is 2.91 bits per heavy atom. The smallest absolute Gasteiger partial charge is 0.0886 e. The van der Waals surface area contributed by atoms with Gasteiger partial charge in [-0.25, -0.2) is 0 Å². The Labute approximate surface area is 77.1 Å². The summed E-state index contributed by atoms with van der Waals surface area (Å²) < 4.78 is 10.3. The van der Waals surface area contributed by atoms with Crippen LogP contribution in [0.5, 0.6) is 0 Å². The van der Waals surface area contributed by atoms with Crippen molar-refractivity contribution in [2.24, 2.45) is 0 Å². The van der Waals surface area contributed by atoms with E-state index in [0.29, 0.717) is 6.04 Å². The lowest BCUT2D eigenvalue weighted by Gasteiger charge is -1.71. The molecule has 0 spiro atoms. The molecule has 0 amide bonds. The van der Waals surface area contributed by atoms with Gasteiger partial charge in [0.05, 0.1) is 9.40 Å². The number of hydrogen-bond acceptors (Lipinski definition) is 3. The van der Waals surface area contributed by atoms with Crippen LogP contribution < -0.4 is 0 Å². The van der Waals surface area contributed by atoms with E-state index in [1.54, 1.807) is 34.0 Å². The average molecular weight is 198 g/mol. The minimum atomic E-state index is 0.680. The maximum atomic E-state index is 7.70. The third kappa shape index (κ3) is 0.732. The van der Waals surface area contributed by atoms with Crippen molar-refractivity contribution < 1.29 is 1.37 Å². The zero-order chi connectivity index (χ0) is 8.13. The van der Waals surface area contributed by atoms with E-state index >= 15 is 0 Å². The van der Waals surface area contributed by atoms with Crippen molar-refractivity contribution in [1.29, 1.82) is 0 Å². The minimum Gasteiger partial charge on any atom is -0.133 e. The van der Waals surface area contributed by atoms with Crippen LogP contribution in [0, 0.1) is 0 Å². The molecule has 0 saturated heterocycles. The van der Waals surface area contributed by atoms with Gasteiger partial charge in [-0.05, 0) is 22.9 Å². The van der Waals surface area contributed by atoms with Gasteiger partial charge in [0.15, 0.2) is 0 Å². The first-order valence-electron chi connectivity index (χ1n) is 3.70. The summed E-state index contributed by atoms with van der Waals surface area (Å²) in [6.07, 6.45) is 0. The van der Waals surface area contributed by atoms with Crippen molar-refractivity contribution in [1.82, 2.24) is 0 Å². The van der Waals surface area contributed by atoms with Crippen molar-refractivity contribution in [2.45, 2.75) is 0 Å². The normalized spacial score (nSPS) is 12.9. The van der Waals surface area contributed by atoms with Gasteiger partial charge in [-0.15, -0.1) is 34.0 Å². The molecule has 3 heteroatoms. The fourth-order valence-electron chi connectivity index (χ4n) is 1.17. The summed E-state index contributed by atoms with van der Waals surface area (Å²) in [4.78, 5) is 0. The lowest BCUT2D eigenvalue weighted by molar-refractivity contribution is 2.15. The van der Waals surface area contributed by atoms with Gasteiger partial charge in [-0.1, -0.05) is 0 Å². The second kappa shape index (κ2) is 2.06. The molecule has 0 atom stereocenters. The van der Waals surface area contributed by atoms with Gasteiger partial charge in [0, 0.05) is 10.8 Å². The third-order valence-electron chi connectivity index (χ3n) is 1.66. The predicted octanol–water partition coefficient (Wildman–Crippen LogP) is 4.18. The lowest BCUT2D eigenvalue weighted by atomic mass is 10.3. The van der Waals surface area contributed by atoms with Gasteiger partial charge in [-0.3, -0.25) is 0 Å². The van der Waals surface area contributed by atoms with Crippen LogP contribution in [-0.4, -0.2) is 0 Å². The van der Waals surface area contributed by atoms with Crippen molar-refractivity contribution in [3.63, 3.8) is 0 Å². The van der Waals surface area contributed by atoms with Gasteiger partial charge >= 0.3 is 0 Å². The molecule has 0 nitrogen and oxygen atoms in total. The first-order valence-corrected chi connectivity index (χ1v) is 5.77. The Hall–Kier alpha value is -0.380. The van der Waals surface area contributed by atoms with Gasteiger partial charge in [-0.2, -0.15) is 0 Å². The summed E-state index contributed by atoms with van der Waals surface area (Å²) in [5.41, 5.74) is 0. The lowest BCUT2D eigenvalue weighted by Crippen LogP contribution is -1.46. The summed E-state index contributed by atoms with van der Waals surface area (Å²) in [6, 6.07) is 2.79. The Morgan fingerprint density at radius 2 is 1.91 bits per heavy atom. The zero-order valence-electron chi connectivity index (χ0n) is 6.46. The topological polar surface area (TPSA) is 0 Å².